The Morgan fingerprint density at radius 1 is 1.35 bits per heavy atom. The van der Waals surface area contributed by atoms with Gasteiger partial charge < -0.3 is 15.8 Å². The number of hydrogen-bond acceptors (Lipinski definition) is 7. The van der Waals surface area contributed by atoms with Gasteiger partial charge in [0.15, 0.2) is 5.65 Å². The fourth-order valence-electron chi connectivity index (χ4n) is 3.25. The molecule has 3 N–H and O–H groups in total. The molecule has 1 aromatic carbocycles. The van der Waals surface area contributed by atoms with Gasteiger partial charge in [0.05, 0.1) is 31.3 Å². The average Bonchev–Trinajstić information content (AvgIpc) is 3.38. The van der Waals surface area contributed by atoms with Crippen molar-refractivity contribution in [2.24, 2.45) is 0 Å². The first-order valence-electron chi connectivity index (χ1n) is 9.60. The first-order chi connectivity index (χ1) is 15.1. The zero-order valence-electron chi connectivity index (χ0n) is 17.0. The van der Waals surface area contributed by atoms with Crippen LogP contribution in [0.1, 0.15) is 5.56 Å². The average molecular weight is 418 g/mol. The third-order valence-electron chi connectivity index (χ3n) is 4.70. The molecule has 10 heteroatoms. The standard InChI is InChI=1S/C21H22N8O2/c1-3-17(30)26-16-6-4-5-14(9-16)11-29-21-18(20(22)23-13-24-21)19(27-29)15-10-25-28(12-15)7-8-31-2/h3-6,9-10,12-13H,1,7-8,11H2,2H3,(H,26,30)(H2,22,23,24). The summed E-state index contributed by atoms with van der Waals surface area (Å²) in [5.41, 5.74) is 9.88. The van der Waals surface area contributed by atoms with Crippen LogP contribution in [0.25, 0.3) is 22.3 Å². The summed E-state index contributed by atoms with van der Waals surface area (Å²) >= 11 is 0. The van der Waals surface area contributed by atoms with E-state index in [-0.39, 0.29) is 5.91 Å². The molecular formula is C21H22N8O2. The normalized spacial score (nSPS) is 11.0. The van der Waals surface area contributed by atoms with E-state index < -0.39 is 0 Å². The fraction of sp³-hybridized carbons (Fsp3) is 0.190. The van der Waals surface area contributed by atoms with Gasteiger partial charge in [-0.2, -0.15) is 10.2 Å². The van der Waals surface area contributed by atoms with Crippen molar-refractivity contribution in [1.82, 2.24) is 29.5 Å². The molecule has 0 unspecified atom stereocenters. The third kappa shape index (κ3) is 4.28. The van der Waals surface area contributed by atoms with E-state index in [1.165, 1.54) is 12.4 Å². The lowest BCUT2D eigenvalue weighted by Gasteiger charge is -2.07. The Hall–Kier alpha value is -4.05. The third-order valence-corrected chi connectivity index (χ3v) is 4.70. The Labute approximate surface area is 178 Å². The minimum Gasteiger partial charge on any atom is -0.383 e. The van der Waals surface area contributed by atoms with E-state index in [2.05, 4.69) is 27.0 Å². The molecule has 0 saturated heterocycles. The quantitative estimate of drug-likeness (QED) is 0.420. The number of nitrogen functional groups attached to an aromatic ring is 1. The van der Waals surface area contributed by atoms with Crippen LogP contribution >= 0.6 is 0 Å². The first-order valence-corrected chi connectivity index (χ1v) is 9.60. The number of benzene rings is 1. The molecule has 0 aliphatic carbocycles. The molecule has 0 saturated carbocycles. The van der Waals surface area contributed by atoms with Gasteiger partial charge in [-0.15, -0.1) is 0 Å². The zero-order chi connectivity index (χ0) is 21.8. The molecule has 0 atom stereocenters. The van der Waals surface area contributed by atoms with Gasteiger partial charge in [-0.3, -0.25) is 9.48 Å². The van der Waals surface area contributed by atoms with Gasteiger partial charge >= 0.3 is 0 Å². The highest BCUT2D eigenvalue weighted by atomic mass is 16.5. The highest BCUT2D eigenvalue weighted by Crippen LogP contribution is 2.30. The van der Waals surface area contributed by atoms with E-state index in [9.17, 15) is 4.79 Å². The maximum Gasteiger partial charge on any atom is 0.247 e. The summed E-state index contributed by atoms with van der Waals surface area (Å²) < 4.78 is 8.66. The van der Waals surface area contributed by atoms with E-state index in [0.717, 1.165) is 11.1 Å². The van der Waals surface area contributed by atoms with Crippen molar-refractivity contribution < 1.29 is 9.53 Å². The predicted molar refractivity (Wildman–Crippen MR) is 117 cm³/mol. The van der Waals surface area contributed by atoms with E-state index in [4.69, 9.17) is 15.6 Å². The van der Waals surface area contributed by atoms with Gasteiger partial charge in [-0.1, -0.05) is 18.7 Å². The number of fused-ring (bicyclic) bond motifs is 1. The number of nitrogens with one attached hydrogen (secondary N) is 1. The second kappa shape index (κ2) is 8.76. The minimum absolute atomic E-state index is 0.269. The van der Waals surface area contributed by atoms with Crippen LogP contribution in [0.2, 0.25) is 0 Å². The van der Waals surface area contributed by atoms with Crippen molar-refractivity contribution in [3.63, 3.8) is 0 Å². The topological polar surface area (TPSA) is 126 Å². The van der Waals surface area contributed by atoms with Crippen LogP contribution in [0, 0.1) is 0 Å². The number of aromatic nitrogens is 6. The van der Waals surface area contributed by atoms with Crippen molar-refractivity contribution in [2.75, 3.05) is 24.8 Å². The van der Waals surface area contributed by atoms with Crippen LogP contribution in [0.4, 0.5) is 11.5 Å². The lowest BCUT2D eigenvalue weighted by Crippen LogP contribution is -2.08. The molecule has 0 aliphatic rings. The van der Waals surface area contributed by atoms with E-state index in [1.807, 2.05) is 30.5 Å². The SMILES string of the molecule is C=CC(=O)Nc1cccc(Cn2nc(-c3cnn(CCOC)c3)c3c(N)ncnc32)c1. The number of anilines is 2. The van der Waals surface area contributed by atoms with Gasteiger partial charge in [-0.05, 0) is 23.8 Å². The zero-order valence-corrected chi connectivity index (χ0v) is 17.0. The van der Waals surface area contributed by atoms with Crippen LogP contribution in [-0.2, 0) is 22.6 Å². The molecule has 0 fully saturated rings. The van der Waals surface area contributed by atoms with Crippen LogP contribution in [0.15, 0.2) is 55.6 Å². The molecule has 4 aromatic rings. The maximum atomic E-state index is 11.6. The maximum absolute atomic E-state index is 11.6. The fourth-order valence-corrected chi connectivity index (χ4v) is 3.25. The Kier molecular flexibility index (Phi) is 5.72. The number of ether oxygens (including phenoxy) is 1. The molecule has 3 aromatic heterocycles. The lowest BCUT2D eigenvalue weighted by atomic mass is 10.2. The summed E-state index contributed by atoms with van der Waals surface area (Å²) in [5.74, 6) is 0.0814. The van der Waals surface area contributed by atoms with E-state index in [0.29, 0.717) is 47.9 Å². The van der Waals surface area contributed by atoms with E-state index >= 15 is 0 Å². The Morgan fingerprint density at radius 3 is 3.03 bits per heavy atom. The Bertz CT molecular complexity index is 1240. The Morgan fingerprint density at radius 2 is 2.23 bits per heavy atom. The molecule has 0 bridgehead atoms. The predicted octanol–water partition coefficient (Wildman–Crippen LogP) is 2.09. The van der Waals surface area contributed by atoms with Gasteiger partial charge in [0.25, 0.3) is 0 Å². The number of hydrogen-bond donors (Lipinski definition) is 2. The van der Waals surface area contributed by atoms with Crippen LogP contribution in [0.5, 0.6) is 0 Å². The molecule has 4 rings (SSSR count). The first kappa shape index (κ1) is 20.2. The van der Waals surface area contributed by atoms with Gasteiger partial charge in [-0.25, -0.2) is 14.6 Å². The number of carbonyl (C=O) groups excluding carboxylic acids is 1. The molecule has 10 nitrogen and oxygen atoms in total. The molecular weight excluding hydrogens is 396 g/mol. The molecule has 31 heavy (non-hydrogen) atoms. The molecule has 0 aliphatic heterocycles. The molecule has 158 valence electrons. The van der Waals surface area contributed by atoms with Gasteiger partial charge in [0.1, 0.15) is 17.8 Å². The summed E-state index contributed by atoms with van der Waals surface area (Å²) in [5, 5.41) is 12.6. The molecule has 0 radical (unpaired) electrons. The highest BCUT2D eigenvalue weighted by molar-refractivity contribution is 5.99. The van der Waals surface area contributed by atoms with Crippen molar-refractivity contribution in [1.29, 1.82) is 0 Å². The number of methoxy groups -OCH3 is 1. The molecule has 1 amide bonds. The number of amides is 1. The van der Waals surface area contributed by atoms with Crippen molar-refractivity contribution in [3.8, 4) is 11.3 Å². The van der Waals surface area contributed by atoms with Crippen molar-refractivity contribution in [3.05, 3.63) is 61.2 Å². The summed E-state index contributed by atoms with van der Waals surface area (Å²) in [7, 11) is 1.65. The number of rotatable bonds is 8. The lowest BCUT2D eigenvalue weighted by molar-refractivity contribution is -0.111. The number of nitrogens with zero attached hydrogens (tertiary/aromatic N) is 6. The summed E-state index contributed by atoms with van der Waals surface area (Å²) in [4.78, 5) is 20.1. The largest absolute Gasteiger partial charge is 0.383 e. The second-order valence-corrected chi connectivity index (χ2v) is 6.84. The van der Waals surface area contributed by atoms with Crippen molar-refractivity contribution >= 4 is 28.4 Å². The second-order valence-electron chi connectivity index (χ2n) is 6.84. The van der Waals surface area contributed by atoms with Gasteiger partial charge in [0, 0.05) is 24.6 Å². The Balaban J connectivity index is 1.70. The van der Waals surface area contributed by atoms with Gasteiger partial charge in [0.2, 0.25) is 5.91 Å². The number of nitrogens with two attached hydrogens (primary N) is 1. The van der Waals surface area contributed by atoms with Crippen LogP contribution in [0.3, 0.4) is 0 Å². The number of carbonyl (C=O) groups is 1. The van der Waals surface area contributed by atoms with Crippen LogP contribution in [-0.4, -0.2) is 49.2 Å². The molecule has 0 spiro atoms. The summed E-state index contributed by atoms with van der Waals surface area (Å²) in [6.07, 6.45) is 6.28. The highest BCUT2D eigenvalue weighted by Gasteiger charge is 2.18. The van der Waals surface area contributed by atoms with Crippen molar-refractivity contribution in [2.45, 2.75) is 13.1 Å². The monoisotopic (exact) mass is 418 g/mol. The summed E-state index contributed by atoms with van der Waals surface area (Å²) in [6, 6.07) is 7.50. The summed E-state index contributed by atoms with van der Waals surface area (Å²) in [6.45, 7) is 5.09. The molecule has 3 heterocycles. The van der Waals surface area contributed by atoms with Crippen LogP contribution < -0.4 is 11.1 Å². The van der Waals surface area contributed by atoms with E-state index in [1.54, 1.807) is 22.7 Å². The smallest absolute Gasteiger partial charge is 0.247 e. The minimum atomic E-state index is -0.269.